The third-order valence-corrected chi connectivity index (χ3v) is 3.94. The number of carbonyl (C=O) groups excluding carboxylic acids is 1. The van der Waals surface area contributed by atoms with Crippen LogP contribution in [0.25, 0.3) is 5.69 Å². The molecule has 1 atom stereocenters. The zero-order valence-electron chi connectivity index (χ0n) is 13.9. The van der Waals surface area contributed by atoms with Gasteiger partial charge in [-0.3, -0.25) is 9.78 Å². The summed E-state index contributed by atoms with van der Waals surface area (Å²) in [5.74, 6) is 0.130. The van der Waals surface area contributed by atoms with Crippen LogP contribution in [-0.4, -0.2) is 46.6 Å². The molecule has 0 aromatic carbocycles. The Hall–Kier alpha value is -2.76. The van der Waals surface area contributed by atoms with Crippen LogP contribution in [0, 0.1) is 18.3 Å². The van der Waals surface area contributed by atoms with Crippen molar-refractivity contribution in [3.05, 3.63) is 35.8 Å². The van der Waals surface area contributed by atoms with Gasteiger partial charge in [-0.05, 0) is 31.9 Å². The summed E-state index contributed by atoms with van der Waals surface area (Å²) in [6.07, 6.45) is 5.31. The Morgan fingerprint density at radius 3 is 3.16 bits per heavy atom. The van der Waals surface area contributed by atoms with E-state index >= 15 is 0 Å². The Kier molecular flexibility index (Phi) is 5.38. The largest absolute Gasteiger partial charge is 0.376 e. The SMILES string of the molecule is Cc1c(C#N)nn(-c2cccnc2)c1NC(=O)COCC1CCCO1. The first-order chi connectivity index (χ1) is 12.2. The van der Waals surface area contributed by atoms with Gasteiger partial charge in [0.05, 0.1) is 24.6 Å². The van der Waals surface area contributed by atoms with Crippen molar-refractivity contribution in [1.29, 1.82) is 5.26 Å². The number of pyridine rings is 1. The van der Waals surface area contributed by atoms with Gasteiger partial charge >= 0.3 is 0 Å². The van der Waals surface area contributed by atoms with Crippen LogP contribution in [-0.2, 0) is 14.3 Å². The second-order valence-corrected chi connectivity index (χ2v) is 5.76. The Bertz CT molecular complexity index is 776. The van der Waals surface area contributed by atoms with Crippen molar-refractivity contribution >= 4 is 11.7 Å². The summed E-state index contributed by atoms with van der Waals surface area (Å²) in [6.45, 7) is 2.80. The summed E-state index contributed by atoms with van der Waals surface area (Å²) < 4.78 is 12.4. The van der Waals surface area contributed by atoms with Gasteiger partial charge in [0.25, 0.3) is 5.91 Å². The number of hydrogen-bond acceptors (Lipinski definition) is 6. The Morgan fingerprint density at radius 2 is 2.48 bits per heavy atom. The van der Waals surface area contributed by atoms with Gasteiger partial charge in [-0.1, -0.05) is 0 Å². The van der Waals surface area contributed by atoms with E-state index in [4.69, 9.17) is 9.47 Å². The summed E-state index contributed by atoms with van der Waals surface area (Å²) in [6, 6.07) is 5.58. The number of amides is 1. The summed E-state index contributed by atoms with van der Waals surface area (Å²) >= 11 is 0. The fraction of sp³-hybridized carbons (Fsp3) is 0.412. The highest BCUT2D eigenvalue weighted by Gasteiger charge is 2.19. The van der Waals surface area contributed by atoms with Crippen molar-refractivity contribution in [2.24, 2.45) is 0 Å². The van der Waals surface area contributed by atoms with Crippen LogP contribution >= 0.6 is 0 Å². The number of nitrogens with one attached hydrogen (secondary N) is 1. The maximum absolute atomic E-state index is 12.2. The Morgan fingerprint density at radius 1 is 1.60 bits per heavy atom. The first-order valence-corrected chi connectivity index (χ1v) is 8.08. The number of aromatic nitrogens is 3. The van der Waals surface area contributed by atoms with Crippen LogP contribution in [0.4, 0.5) is 5.82 Å². The van der Waals surface area contributed by atoms with Gasteiger partial charge in [0.2, 0.25) is 0 Å². The van der Waals surface area contributed by atoms with E-state index in [-0.39, 0.29) is 24.3 Å². The minimum Gasteiger partial charge on any atom is -0.376 e. The molecule has 130 valence electrons. The lowest BCUT2D eigenvalue weighted by molar-refractivity contribution is -0.121. The second-order valence-electron chi connectivity index (χ2n) is 5.76. The standard InChI is InChI=1S/C17H19N5O3/c1-12-15(8-18)21-22(13-4-2-6-19-9-13)17(12)20-16(23)11-24-10-14-5-3-7-25-14/h2,4,6,9,14H,3,5,7,10-11H2,1H3,(H,20,23). The van der Waals surface area contributed by atoms with Gasteiger partial charge in [-0.2, -0.15) is 10.4 Å². The normalized spacial score (nSPS) is 16.6. The maximum atomic E-state index is 12.2. The van der Waals surface area contributed by atoms with E-state index in [9.17, 15) is 10.1 Å². The highest BCUT2D eigenvalue weighted by Crippen LogP contribution is 2.22. The molecule has 1 fully saturated rings. The molecule has 1 aliphatic rings. The summed E-state index contributed by atoms with van der Waals surface area (Å²) in [5.41, 5.74) is 1.50. The maximum Gasteiger partial charge on any atom is 0.251 e. The number of nitriles is 1. The van der Waals surface area contributed by atoms with Crippen molar-refractivity contribution in [2.45, 2.75) is 25.9 Å². The zero-order valence-corrected chi connectivity index (χ0v) is 13.9. The molecular weight excluding hydrogens is 322 g/mol. The lowest BCUT2D eigenvalue weighted by atomic mass is 10.2. The molecule has 1 amide bonds. The number of hydrogen-bond donors (Lipinski definition) is 1. The number of nitrogens with zero attached hydrogens (tertiary/aromatic N) is 4. The molecule has 3 rings (SSSR count). The molecule has 8 nitrogen and oxygen atoms in total. The van der Waals surface area contributed by atoms with E-state index in [2.05, 4.69) is 15.4 Å². The molecule has 1 N–H and O–H groups in total. The van der Waals surface area contributed by atoms with E-state index in [1.165, 1.54) is 4.68 Å². The van der Waals surface area contributed by atoms with Crippen molar-refractivity contribution in [3.63, 3.8) is 0 Å². The molecule has 0 radical (unpaired) electrons. The molecule has 2 aromatic heterocycles. The van der Waals surface area contributed by atoms with Gasteiger partial charge in [0, 0.05) is 18.4 Å². The monoisotopic (exact) mass is 341 g/mol. The molecule has 3 heterocycles. The summed E-state index contributed by atoms with van der Waals surface area (Å²) in [7, 11) is 0. The number of rotatable bonds is 6. The number of anilines is 1. The third-order valence-electron chi connectivity index (χ3n) is 3.94. The third kappa shape index (κ3) is 4.02. The van der Waals surface area contributed by atoms with Gasteiger partial charge in [-0.25, -0.2) is 4.68 Å². The van der Waals surface area contributed by atoms with Gasteiger partial charge in [-0.15, -0.1) is 0 Å². The number of ether oxygens (including phenoxy) is 2. The lowest BCUT2D eigenvalue weighted by Crippen LogP contribution is -2.24. The zero-order chi connectivity index (χ0) is 17.6. The van der Waals surface area contributed by atoms with Gasteiger partial charge < -0.3 is 14.8 Å². The van der Waals surface area contributed by atoms with E-state index < -0.39 is 0 Å². The molecule has 2 aromatic rings. The van der Waals surface area contributed by atoms with E-state index in [1.54, 1.807) is 31.5 Å². The smallest absolute Gasteiger partial charge is 0.251 e. The quantitative estimate of drug-likeness (QED) is 0.856. The fourth-order valence-electron chi connectivity index (χ4n) is 2.64. The average Bonchev–Trinajstić information content (AvgIpc) is 3.25. The molecule has 0 bridgehead atoms. The first-order valence-electron chi connectivity index (χ1n) is 8.08. The molecule has 8 heteroatoms. The van der Waals surface area contributed by atoms with Crippen LogP contribution in [0.15, 0.2) is 24.5 Å². The van der Waals surface area contributed by atoms with E-state index in [0.717, 1.165) is 19.4 Å². The van der Waals surface area contributed by atoms with Crippen LogP contribution in [0.3, 0.4) is 0 Å². The predicted octanol–water partition coefficient (Wildman–Crippen LogP) is 1.58. The Balaban J connectivity index is 1.69. The van der Waals surface area contributed by atoms with Crippen LogP contribution in [0.2, 0.25) is 0 Å². The predicted molar refractivity (Wildman–Crippen MR) is 89.2 cm³/mol. The molecule has 1 saturated heterocycles. The first kappa shape index (κ1) is 17.1. The second kappa shape index (κ2) is 7.88. The molecule has 0 saturated carbocycles. The minimum atomic E-state index is -0.310. The Labute approximate surface area is 145 Å². The summed E-state index contributed by atoms with van der Waals surface area (Å²) in [5, 5.41) is 16.2. The fourth-order valence-corrected chi connectivity index (χ4v) is 2.64. The minimum absolute atomic E-state index is 0.0700. The van der Waals surface area contributed by atoms with Crippen molar-refractivity contribution in [3.8, 4) is 11.8 Å². The van der Waals surface area contributed by atoms with E-state index in [1.807, 2.05) is 6.07 Å². The van der Waals surface area contributed by atoms with E-state index in [0.29, 0.717) is 23.7 Å². The van der Waals surface area contributed by atoms with Gasteiger partial charge in [0.1, 0.15) is 18.5 Å². The number of carbonyl (C=O) groups is 1. The molecule has 1 unspecified atom stereocenters. The molecule has 25 heavy (non-hydrogen) atoms. The van der Waals surface area contributed by atoms with Crippen molar-refractivity contribution in [1.82, 2.24) is 14.8 Å². The highest BCUT2D eigenvalue weighted by atomic mass is 16.5. The van der Waals surface area contributed by atoms with Crippen molar-refractivity contribution in [2.75, 3.05) is 25.1 Å². The highest BCUT2D eigenvalue weighted by molar-refractivity contribution is 5.92. The van der Waals surface area contributed by atoms with Gasteiger partial charge in [0.15, 0.2) is 5.69 Å². The van der Waals surface area contributed by atoms with Crippen LogP contribution in [0.5, 0.6) is 0 Å². The summed E-state index contributed by atoms with van der Waals surface area (Å²) in [4.78, 5) is 16.2. The molecular formula is C17H19N5O3. The average molecular weight is 341 g/mol. The molecule has 0 spiro atoms. The molecule has 0 aliphatic carbocycles. The van der Waals surface area contributed by atoms with Crippen LogP contribution in [0.1, 0.15) is 24.1 Å². The molecule has 1 aliphatic heterocycles. The lowest BCUT2D eigenvalue weighted by Gasteiger charge is -2.12. The van der Waals surface area contributed by atoms with Crippen molar-refractivity contribution < 1.29 is 14.3 Å². The van der Waals surface area contributed by atoms with Crippen LogP contribution < -0.4 is 5.32 Å². The topological polar surface area (TPSA) is 102 Å².